The fraction of sp³-hybridized carbons (Fsp3) is 0.304. The van der Waals surface area contributed by atoms with Gasteiger partial charge in [0.05, 0.1) is 5.69 Å². The summed E-state index contributed by atoms with van der Waals surface area (Å²) in [6.07, 6.45) is 4.02. The third kappa shape index (κ3) is 5.07. The summed E-state index contributed by atoms with van der Waals surface area (Å²) in [5.41, 5.74) is 12.1. The van der Waals surface area contributed by atoms with Crippen molar-refractivity contribution >= 4 is 46.3 Å². The number of aromatic nitrogens is 1. The van der Waals surface area contributed by atoms with Crippen molar-refractivity contribution in [1.29, 1.82) is 0 Å². The van der Waals surface area contributed by atoms with Gasteiger partial charge < -0.3 is 21.7 Å². The number of nitrogen functional groups attached to an aromatic ring is 1. The summed E-state index contributed by atoms with van der Waals surface area (Å²) in [7, 11) is 0. The zero-order valence-electron chi connectivity index (χ0n) is 17.9. The molecule has 0 bridgehead atoms. The fourth-order valence-electron chi connectivity index (χ4n) is 4.04. The van der Waals surface area contributed by atoms with Crippen LogP contribution < -0.4 is 16.8 Å². The molecule has 1 aliphatic carbocycles. The van der Waals surface area contributed by atoms with E-state index in [4.69, 9.17) is 11.5 Å². The number of primary amides is 1. The molecule has 8 nitrogen and oxygen atoms in total. The number of nitrogens with zero attached hydrogens (tertiary/aromatic N) is 2. The molecule has 0 saturated heterocycles. The number of carbonyl (C=O) groups is 3. The molecule has 2 aromatic heterocycles. The summed E-state index contributed by atoms with van der Waals surface area (Å²) in [4.78, 5) is 41.3. The summed E-state index contributed by atoms with van der Waals surface area (Å²) in [6.45, 7) is 0.184. The van der Waals surface area contributed by atoms with Gasteiger partial charge in [0.1, 0.15) is 10.9 Å². The van der Waals surface area contributed by atoms with Gasteiger partial charge in [-0.25, -0.2) is 0 Å². The van der Waals surface area contributed by atoms with Crippen molar-refractivity contribution in [3.8, 4) is 0 Å². The maximum atomic E-state index is 13.8. The van der Waals surface area contributed by atoms with Crippen LogP contribution >= 0.6 is 22.9 Å². The molecule has 0 radical (unpaired) electrons. The van der Waals surface area contributed by atoms with Gasteiger partial charge in [-0.3, -0.25) is 14.4 Å². The van der Waals surface area contributed by atoms with E-state index in [2.05, 4.69) is 9.69 Å². The Hall–Kier alpha value is -3.24. The average molecular weight is 484 g/mol. The number of hydrogen-bond donors (Lipinski definition) is 3. The lowest BCUT2D eigenvalue weighted by Crippen LogP contribution is -2.45. The van der Waals surface area contributed by atoms with Crippen molar-refractivity contribution in [2.75, 3.05) is 5.73 Å². The normalized spacial score (nSPS) is 14.7. The quantitative estimate of drug-likeness (QED) is 0.452. The highest BCUT2D eigenvalue weighted by atomic mass is 32.1. The van der Waals surface area contributed by atoms with E-state index in [1.807, 2.05) is 47.8 Å². The maximum absolute atomic E-state index is 13.8. The molecule has 3 amide bonds. The fourth-order valence-corrected chi connectivity index (χ4v) is 5.64. The molecular weight excluding hydrogens is 458 g/mol. The Labute approximate surface area is 199 Å². The minimum atomic E-state index is -0.850. The first-order valence-electron chi connectivity index (χ1n) is 10.7. The highest BCUT2D eigenvalue weighted by Crippen LogP contribution is 2.32. The predicted octanol–water partition coefficient (Wildman–Crippen LogP) is 3.33. The van der Waals surface area contributed by atoms with E-state index < -0.39 is 17.9 Å². The number of carbonyl (C=O) groups excluding carboxylic acids is 3. The van der Waals surface area contributed by atoms with E-state index >= 15 is 0 Å². The molecule has 0 unspecified atom stereocenters. The Morgan fingerprint density at radius 1 is 1.12 bits per heavy atom. The minimum absolute atomic E-state index is 0.0586. The van der Waals surface area contributed by atoms with Crippen molar-refractivity contribution in [2.45, 2.75) is 44.3 Å². The first kappa shape index (κ1) is 22.9. The van der Waals surface area contributed by atoms with Crippen LogP contribution in [0.2, 0.25) is 0 Å². The molecule has 1 atom stereocenters. The smallest absolute Gasteiger partial charge is 0.270 e. The lowest BCUT2D eigenvalue weighted by Gasteiger charge is -2.31. The lowest BCUT2D eigenvalue weighted by atomic mass is 10.1. The predicted molar refractivity (Wildman–Crippen MR) is 129 cm³/mol. The number of rotatable bonds is 8. The molecular formula is C23H25N5O3S2. The number of anilines is 1. The van der Waals surface area contributed by atoms with Gasteiger partial charge in [0.25, 0.3) is 11.8 Å². The second-order valence-corrected chi connectivity index (χ2v) is 9.72. The number of nitrogens with two attached hydrogens (primary N) is 2. The molecule has 1 saturated carbocycles. The van der Waals surface area contributed by atoms with Gasteiger partial charge in [-0.2, -0.15) is 4.37 Å². The van der Waals surface area contributed by atoms with E-state index in [1.165, 1.54) is 16.2 Å². The van der Waals surface area contributed by atoms with Crippen LogP contribution in [0.25, 0.3) is 0 Å². The van der Waals surface area contributed by atoms with Crippen LogP contribution in [0.5, 0.6) is 0 Å². The zero-order valence-corrected chi connectivity index (χ0v) is 19.5. The number of nitrogens with one attached hydrogen (secondary N) is 1. The Kier molecular flexibility index (Phi) is 7.05. The number of thiophene rings is 1. The van der Waals surface area contributed by atoms with Gasteiger partial charge in [-0.1, -0.05) is 49.2 Å². The summed E-state index contributed by atoms with van der Waals surface area (Å²) < 4.78 is 3.97. The number of amides is 3. The molecule has 3 aromatic rings. The van der Waals surface area contributed by atoms with Crippen molar-refractivity contribution in [1.82, 2.24) is 14.6 Å². The Morgan fingerprint density at radius 3 is 2.45 bits per heavy atom. The van der Waals surface area contributed by atoms with E-state index in [1.54, 1.807) is 0 Å². The third-order valence-corrected chi connectivity index (χ3v) is 7.46. The van der Waals surface area contributed by atoms with Crippen LogP contribution in [0.1, 0.15) is 62.3 Å². The molecule has 4 rings (SSSR count). The molecule has 0 spiro atoms. The van der Waals surface area contributed by atoms with Crippen LogP contribution in [-0.4, -0.2) is 33.0 Å². The second kappa shape index (κ2) is 10.1. The van der Waals surface area contributed by atoms with Gasteiger partial charge >= 0.3 is 0 Å². The average Bonchev–Trinajstić information content (AvgIpc) is 3.56. The van der Waals surface area contributed by atoms with Crippen LogP contribution in [0, 0.1) is 0 Å². The van der Waals surface area contributed by atoms with Gasteiger partial charge in [-0.05, 0) is 41.4 Å². The summed E-state index contributed by atoms with van der Waals surface area (Å²) >= 11 is 2.23. The van der Waals surface area contributed by atoms with Crippen molar-refractivity contribution < 1.29 is 14.4 Å². The van der Waals surface area contributed by atoms with Crippen molar-refractivity contribution in [3.05, 3.63) is 68.9 Å². The SMILES string of the molecule is NC(=O)c1nsc(C(=O)N(Cc2ccccc2)[C@H](C(=O)NC2CCCC2)c2cccs2)c1N. The highest BCUT2D eigenvalue weighted by molar-refractivity contribution is 7.10. The first-order valence-corrected chi connectivity index (χ1v) is 12.3. The minimum Gasteiger partial charge on any atom is -0.395 e. The van der Waals surface area contributed by atoms with Gasteiger partial charge in [-0.15, -0.1) is 11.3 Å². The molecule has 1 aliphatic rings. The lowest BCUT2D eigenvalue weighted by molar-refractivity contribution is -0.126. The molecule has 33 heavy (non-hydrogen) atoms. The summed E-state index contributed by atoms with van der Waals surface area (Å²) in [5.74, 6) is -1.50. The molecule has 1 fully saturated rings. The van der Waals surface area contributed by atoms with Crippen molar-refractivity contribution in [3.63, 3.8) is 0 Å². The standard InChI is InChI=1S/C23H25N5O3S2/c24-17-18(21(25)29)27-33-20(17)23(31)28(13-14-7-2-1-3-8-14)19(16-11-6-12-32-16)22(30)26-15-9-4-5-10-15/h1-3,6-8,11-12,15,19H,4-5,9-10,13,24H2,(H2,25,29)(H,26,30)/t19-/m0/s1. The van der Waals surface area contributed by atoms with Gasteiger partial charge in [0.15, 0.2) is 5.69 Å². The summed E-state index contributed by atoms with van der Waals surface area (Å²) in [5, 5.41) is 5.01. The van der Waals surface area contributed by atoms with Crippen LogP contribution in [0.4, 0.5) is 5.69 Å². The molecule has 10 heteroatoms. The monoisotopic (exact) mass is 483 g/mol. The maximum Gasteiger partial charge on any atom is 0.270 e. The zero-order chi connectivity index (χ0) is 23.4. The molecule has 5 N–H and O–H groups in total. The molecule has 0 aliphatic heterocycles. The Bertz CT molecular complexity index is 1120. The largest absolute Gasteiger partial charge is 0.395 e. The Balaban J connectivity index is 1.74. The number of hydrogen-bond acceptors (Lipinski definition) is 7. The Morgan fingerprint density at radius 2 is 1.85 bits per heavy atom. The van der Waals surface area contributed by atoms with Crippen LogP contribution in [0.15, 0.2) is 47.8 Å². The molecule has 1 aromatic carbocycles. The van der Waals surface area contributed by atoms with E-state index in [-0.39, 0.29) is 34.8 Å². The van der Waals surface area contributed by atoms with Gasteiger partial charge in [0, 0.05) is 17.5 Å². The van der Waals surface area contributed by atoms with Crippen molar-refractivity contribution in [2.24, 2.45) is 5.73 Å². The highest BCUT2D eigenvalue weighted by Gasteiger charge is 2.36. The van der Waals surface area contributed by atoms with Crippen LogP contribution in [0.3, 0.4) is 0 Å². The van der Waals surface area contributed by atoms with Gasteiger partial charge in [0.2, 0.25) is 5.91 Å². The van der Waals surface area contributed by atoms with E-state index in [9.17, 15) is 14.4 Å². The molecule has 2 heterocycles. The second-order valence-electron chi connectivity index (χ2n) is 7.96. The summed E-state index contributed by atoms with van der Waals surface area (Å²) in [6, 6.07) is 12.4. The first-order chi connectivity index (χ1) is 16.0. The van der Waals surface area contributed by atoms with Crippen LogP contribution in [-0.2, 0) is 11.3 Å². The molecule has 172 valence electrons. The van der Waals surface area contributed by atoms with E-state index in [0.717, 1.165) is 47.7 Å². The topological polar surface area (TPSA) is 131 Å². The third-order valence-electron chi connectivity index (χ3n) is 5.69. The number of benzene rings is 1. The van der Waals surface area contributed by atoms with E-state index in [0.29, 0.717) is 0 Å².